The third-order valence-electron chi connectivity index (χ3n) is 8.38. The number of aromatic amines is 1. The molecule has 0 atom stereocenters. The van der Waals surface area contributed by atoms with Crippen LogP contribution in [0.15, 0.2) is 66.7 Å². The zero-order valence-electron chi connectivity index (χ0n) is 25.4. The molecule has 230 valence electrons. The number of carbonyl (C=O) groups excluding carboxylic acids is 1. The fraction of sp³-hybridized carbons (Fsp3) is 0.364. The molecule has 1 aliphatic carbocycles. The van der Waals surface area contributed by atoms with E-state index in [1.807, 2.05) is 37.4 Å². The SMILES string of the molecule is CCCCc1nc2ccc(N(C)C(=O)NNC3CCCCC3)cc2n1Cc1ccc(-c2ccccc2-c2nnn[nH]2)cc1.O. The summed E-state index contributed by atoms with van der Waals surface area (Å²) >= 11 is 0. The number of H-pyrrole nitrogens is 1. The predicted octanol–water partition coefficient (Wildman–Crippen LogP) is 5.43. The van der Waals surface area contributed by atoms with Crippen LogP contribution in [0.1, 0.15) is 63.3 Å². The van der Waals surface area contributed by atoms with Crippen LogP contribution in [0, 0.1) is 0 Å². The second-order valence-corrected chi connectivity index (χ2v) is 11.4. The van der Waals surface area contributed by atoms with Gasteiger partial charge in [-0.25, -0.2) is 20.3 Å². The van der Waals surface area contributed by atoms with Crippen molar-refractivity contribution in [1.82, 2.24) is 41.0 Å². The fourth-order valence-electron chi connectivity index (χ4n) is 5.87. The first kappa shape index (κ1) is 30.8. The van der Waals surface area contributed by atoms with Gasteiger partial charge in [0.05, 0.1) is 11.0 Å². The number of unbranched alkanes of at least 4 members (excludes halogenated alkanes) is 1. The summed E-state index contributed by atoms with van der Waals surface area (Å²) < 4.78 is 2.30. The average Bonchev–Trinajstić information content (AvgIpc) is 3.71. The van der Waals surface area contributed by atoms with Gasteiger partial charge in [0.2, 0.25) is 0 Å². The quantitative estimate of drug-likeness (QED) is 0.183. The molecule has 2 heterocycles. The van der Waals surface area contributed by atoms with E-state index in [-0.39, 0.29) is 11.5 Å². The molecule has 44 heavy (non-hydrogen) atoms. The van der Waals surface area contributed by atoms with Crippen LogP contribution in [0.5, 0.6) is 0 Å². The van der Waals surface area contributed by atoms with Gasteiger partial charge in [0, 0.05) is 37.3 Å². The van der Waals surface area contributed by atoms with Gasteiger partial charge in [-0.15, -0.1) is 5.10 Å². The Kier molecular flexibility index (Phi) is 9.98. The number of benzene rings is 3. The van der Waals surface area contributed by atoms with Gasteiger partial charge < -0.3 is 10.0 Å². The molecule has 0 bridgehead atoms. The number of nitrogens with zero attached hydrogens (tertiary/aromatic N) is 6. The number of aryl methyl sites for hydroxylation is 1. The summed E-state index contributed by atoms with van der Waals surface area (Å²) in [7, 11) is 1.81. The van der Waals surface area contributed by atoms with E-state index >= 15 is 0 Å². The molecule has 11 heteroatoms. The topological polar surface area (TPSA) is 148 Å². The van der Waals surface area contributed by atoms with E-state index in [1.165, 1.54) is 24.8 Å². The Hall–Kier alpha value is -4.61. The number of rotatable bonds is 10. The maximum atomic E-state index is 13.0. The molecule has 1 aliphatic rings. The normalized spacial score (nSPS) is 13.5. The van der Waals surface area contributed by atoms with Crippen LogP contribution in [0.2, 0.25) is 0 Å². The molecule has 0 radical (unpaired) electrons. The molecule has 2 aromatic heterocycles. The minimum absolute atomic E-state index is 0. The molecule has 2 amide bonds. The summed E-state index contributed by atoms with van der Waals surface area (Å²) in [6.45, 7) is 2.89. The first-order valence-corrected chi connectivity index (χ1v) is 15.3. The highest BCUT2D eigenvalue weighted by molar-refractivity contribution is 5.93. The summed E-state index contributed by atoms with van der Waals surface area (Å²) in [5.41, 5.74) is 13.2. The number of urea groups is 1. The number of imidazole rings is 1. The molecule has 5 aromatic rings. The number of hydrogen-bond donors (Lipinski definition) is 3. The molecule has 11 nitrogen and oxygen atoms in total. The van der Waals surface area contributed by atoms with Gasteiger partial charge in [0.25, 0.3) is 0 Å². The third-order valence-corrected chi connectivity index (χ3v) is 8.38. The summed E-state index contributed by atoms with van der Waals surface area (Å²) in [5, 5.41) is 14.5. The fourth-order valence-corrected chi connectivity index (χ4v) is 5.87. The number of aromatic nitrogens is 6. The number of tetrazole rings is 1. The van der Waals surface area contributed by atoms with E-state index in [0.717, 1.165) is 71.3 Å². The van der Waals surface area contributed by atoms with Crippen molar-refractivity contribution in [2.45, 2.75) is 70.9 Å². The summed E-state index contributed by atoms with van der Waals surface area (Å²) in [6.07, 6.45) is 8.96. The number of fused-ring (bicyclic) bond motifs is 1. The van der Waals surface area contributed by atoms with Crippen LogP contribution >= 0.6 is 0 Å². The van der Waals surface area contributed by atoms with Crippen molar-refractivity contribution in [3.63, 3.8) is 0 Å². The molecule has 0 saturated heterocycles. The van der Waals surface area contributed by atoms with Gasteiger partial charge in [-0.05, 0) is 64.6 Å². The van der Waals surface area contributed by atoms with Crippen LogP contribution in [0.3, 0.4) is 0 Å². The molecule has 1 fully saturated rings. The van der Waals surface area contributed by atoms with Crippen LogP contribution in [-0.2, 0) is 13.0 Å². The highest BCUT2D eigenvalue weighted by Crippen LogP contribution is 2.30. The van der Waals surface area contributed by atoms with Gasteiger partial charge in [0.1, 0.15) is 5.82 Å². The lowest BCUT2D eigenvalue weighted by molar-refractivity contribution is 0.237. The summed E-state index contributed by atoms with van der Waals surface area (Å²) in [4.78, 5) is 19.7. The van der Waals surface area contributed by atoms with E-state index in [1.54, 1.807) is 4.90 Å². The van der Waals surface area contributed by atoms with Crippen molar-refractivity contribution < 1.29 is 10.3 Å². The van der Waals surface area contributed by atoms with Crippen molar-refractivity contribution in [3.8, 4) is 22.5 Å². The first-order chi connectivity index (χ1) is 21.1. The lowest BCUT2D eigenvalue weighted by atomic mass is 9.96. The lowest BCUT2D eigenvalue weighted by Crippen LogP contribution is -2.49. The summed E-state index contributed by atoms with van der Waals surface area (Å²) in [6, 6.07) is 23.0. The maximum absolute atomic E-state index is 13.0. The Morgan fingerprint density at radius 1 is 1.02 bits per heavy atom. The molecule has 1 saturated carbocycles. The molecule has 3 aromatic carbocycles. The van der Waals surface area contributed by atoms with Crippen molar-refractivity contribution in [2.75, 3.05) is 11.9 Å². The van der Waals surface area contributed by atoms with E-state index in [0.29, 0.717) is 18.4 Å². The predicted molar refractivity (Wildman–Crippen MR) is 173 cm³/mol. The molecule has 0 aliphatic heterocycles. The second-order valence-electron chi connectivity index (χ2n) is 11.4. The molecular weight excluding hydrogens is 554 g/mol. The van der Waals surface area contributed by atoms with Crippen LogP contribution < -0.4 is 15.8 Å². The van der Waals surface area contributed by atoms with Gasteiger partial charge in [-0.1, -0.05) is 81.1 Å². The Morgan fingerprint density at radius 3 is 2.52 bits per heavy atom. The van der Waals surface area contributed by atoms with Crippen molar-refractivity contribution >= 4 is 22.8 Å². The van der Waals surface area contributed by atoms with Crippen LogP contribution in [0.25, 0.3) is 33.5 Å². The highest BCUT2D eigenvalue weighted by atomic mass is 16.2. The summed E-state index contributed by atoms with van der Waals surface area (Å²) in [5.74, 6) is 1.71. The smallest absolute Gasteiger partial charge is 0.335 e. The lowest BCUT2D eigenvalue weighted by Gasteiger charge is -2.25. The number of carbonyl (C=O) groups is 1. The molecule has 0 spiro atoms. The Bertz CT molecular complexity index is 1660. The van der Waals surface area contributed by atoms with E-state index in [9.17, 15) is 4.79 Å². The average molecular weight is 596 g/mol. The number of hydrogen-bond acceptors (Lipinski definition) is 6. The van der Waals surface area contributed by atoms with Gasteiger partial charge in [-0.2, -0.15) is 0 Å². The Labute approximate surface area is 257 Å². The Morgan fingerprint density at radius 2 is 1.80 bits per heavy atom. The van der Waals surface area contributed by atoms with E-state index < -0.39 is 0 Å². The minimum atomic E-state index is -0.167. The third kappa shape index (κ3) is 6.79. The zero-order chi connectivity index (χ0) is 29.6. The number of nitrogens with one attached hydrogen (secondary N) is 3. The highest BCUT2D eigenvalue weighted by Gasteiger charge is 2.18. The monoisotopic (exact) mass is 595 g/mol. The number of hydrazine groups is 1. The first-order valence-electron chi connectivity index (χ1n) is 15.3. The number of amides is 2. The van der Waals surface area contributed by atoms with Crippen LogP contribution in [0.4, 0.5) is 10.5 Å². The van der Waals surface area contributed by atoms with Gasteiger partial charge >= 0.3 is 6.03 Å². The molecular formula is C33H41N9O2. The van der Waals surface area contributed by atoms with E-state index in [2.05, 4.69) is 79.4 Å². The van der Waals surface area contributed by atoms with E-state index in [4.69, 9.17) is 4.98 Å². The number of anilines is 1. The second kappa shape index (κ2) is 14.2. The largest absolute Gasteiger partial charge is 0.412 e. The Balaban J connectivity index is 0.00000384. The van der Waals surface area contributed by atoms with Crippen molar-refractivity contribution in [1.29, 1.82) is 0 Å². The zero-order valence-corrected chi connectivity index (χ0v) is 25.4. The van der Waals surface area contributed by atoms with Crippen molar-refractivity contribution in [2.24, 2.45) is 0 Å². The van der Waals surface area contributed by atoms with Crippen molar-refractivity contribution in [3.05, 3.63) is 78.1 Å². The minimum Gasteiger partial charge on any atom is -0.412 e. The molecule has 0 unspecified atom stereocenters. The standard InChI is InChI=1S/C33H39N9O.H2O/c1-3-4-14-31-34-29-20-19-26(41(2)33(43)38-35-25-10-6-5-7-11-25)21-30(29)42(31)22-23-15-17-24(18-16-23)27-12-8-9-13-28(27)32-36-39-40-37-32;/h8-9,12-13,15-21,25,35H,3-7,10-11,14,22H2,1-2H3,(H,38,43)(H,36,37,39,40);1H2. The van der Waals surface area contributed by atoms with Gasteiger partial charge in [-0.3, -0.25) is 10.3 Å². The molecule has 5 N–H and O–H groups in total. The molecule has 6 rings (SSSR count). The maximum Gasteiger partial charge on any atom is 0.335 e. The van der Waals surface area contributed by atoms with Gasteiger partial charge in [0.15, 0.2) is 5.82 Å². The van der Waals surface area contributed by atoms with Crippen LogP contribution in [-0.4, -0.2) is 54.8 Å².